The number of phenols is 1. The van der Waals surface area contributed by atoms with Crippen LogP contribution in [0.2, 0.25) is 0 Å². The largest absolute Gasteiger partial charge is 0.508 e. The standard InChI is InChI=1S/C25H20IN3O6/c1-2-34-23-13-17(11-18(14-27)25(31)28-19-5-9-21(30)10-6-19)12-22(26)24(23)35-15-16-3-7-20(8-4-16)29(32)33/h3-13,30H,2,15H2,1H3,(H,28,31)/b18-11-. The van der Waals surface area contributed by atoms with E-state index in [-0.39, 0.29) is 23.6 Å². The van der Waals surface area contributed by atoms with Crippen LogP contribution in [-0.2, 0) is 11.4 Å². The number of nitrogens with zero attached hydrogens (tertiary/aromatic N) is 2. The zero-order valence-electron chi connectivity index (χ0n) is 18.5. The number of amides is 1. The number of hydrogen-bond donors (Lipinski definition) is 2. The monoisotopic (exact) mass is 585 g/mol. The maximum absolute atomic E-state index is 12.6. The molecule has 0 radical (unpaired) electrons. The van der Waals surface area contributed by atoms with Gasteiger partial charge in [0.2, 0.25) is 0 Å². The number of rotatable bonds is 9. The molecule has 0 atom stereocenters. The molecule has 0 bridgehead atoms. The van der Waals surface area contributed by atoms with Crippen molar-refractivity contribution in [3.8, 4) is 23.3 Å². The zero-order chi connectivity index (χ0) is 25.4. The molecule has 1 amide bonds. The van der Waals surface area contributed by atoms with Crippen LogP contribution in [0.15, 0.2) is 66.2 Å². The predicted molar refractivity (Wildman–Crippen MR) is 138 cm³/mol. The first-order chi connectivity index (χ1) is 16.8. The van der Waals surface area contributed by atoms with E-state index >= 15 is 0 Å². The fourth-order valence-electron chi connectivity index (χ4n) is 3.00. The highest BCUT2D eigenvalue weighted by Gasteiger charge is 2.15. The zero-order valence-corrected chi connectivity index (χ0v) is 20.7. The molecule has 10 heteroatoms. The first kappa shape index (κ1) is 25.5. The van der Waals surface area contributed by atoms with Crippen LogP contribution in [0.25, 0.3) is 6.08 Å². The molecule has 0 spiro atoms. The fraction of sp³-hybridized carbons (Fsp3) is 0.120. The summed E-state index contributed by atoms with van der Waals surface area (Å²) in [6.07, 6.45) is 1.44. The van der Waals surface area contributed by atoms with E-state index in [4.69, 9.17) is 9.47 Å². The molecule has 0 saturated heterocycles. The Morgan fingerprint density at radius 1 is 1.17 bits per heavy atom. The average Bonchev–Trinajstić information content (AvgIpc) is 2.83. The quantitative estimate of drug-likeness (QED) is 0.0854. The second-order valence-electron chi connectivity index (χ2n) is 7.15. The first-order valence-corrected chi connectivity index (χ1v) is 11.4. The summed E-state index contributed by atoms with van der Waals surface area (Å²) in [5.41, 5.74) is 1.63. The number of nitriles is 1. The number of nitro groups is 1. The van der Waals surface area contributed by atoms with Gasteiger partial charge in [0.1, 0.15) is 24.0 Å². The van der Waals surface area contributed by atoms with Gasteiger partial charge in [-0.3, -0.25) is 14.9 Å². The van der Waals surface area contributed by atoms with Crippen LogP contribution in [0.5, 0.6) is 17.2 Å². The van der Waals surface area contributed by atoms with Crippen molar-refractivity contribution in [1.29, 1.82) is 5.26 Å². The number of carbonyl (C=O) groups is 1. The maximum Gasteiger partial charge on any atom is 0.269 e. The topological polar surface area (TPSA) is 135 Å². The Morgan fingerprint density at radius 3 is 2.46 bits per heavy atom. The number of non-ortho nitro benzene ring substituents is 1. The van der Waals surface area contributed by atoms with Crippen molar-refractivity contribution in [3.05, 3.63) is 91.0 Å². The van der Waals surface area contributed by atoms with Crippen LogP contribution < -0.4 is 14.8 Å². The second-order valence-corrected chi connectivity index (χ2v) is 8.31. The first-order valence-electron chi connectivity index (χ1n) is 10.4. The van der Waals surface area contributed by atoms with Crippen molar-refractivity contribution in [1.82, 2.24) is 0 Å². The van der Waals surface area contributed by atoms with Gasteiger partial charge in [0.05, 0.1) is 15.1 Å². The SMILES string of the molecule is CCOc1cc(/C=C(/C#N)C(=O)Nc2ccc(O)cc2)cc(I)c1OCc1ccc([N+](=O)[O-])cc1. The molecular formula is C25H20IN3O6. The lowest BCUT2D eigenvalue weighted by Gasteiger charge is -2.15. The van der Waals surface area contributed by atoms with Crippen LogP contribution >= 0.6 is 22.6 Å². The summed E-state index contributed by atoms with van der Waals surface area (Å²) >= 11 is 2.08. The number of carbonyl (C=O) groups excluding carboxylic acids is 1. The molecule has 0 aliphatic heterocycles. The highest BCUT2D eigenvalue weighted by Crippen LogP contribution is 2.35. The molecule has 0 fully saturated rings. The molecule has 0 heterocycles. The third-order valence-electron chi connectivity index (χ3n) is 4.66. The molecule has 35 heavy (non-hydrogen) atoms. The molecule has 3 aromatic carbocycles. The Morgan fingerprint density at radius 2 is 1.86 bits per heavy atom. The Bertz CT molecular complexity index is 1300. The molecule has 3 aromatic rings. The fourth-order valence-corrected chi connectivity index (χ4v) is 3.78. The summed E-state index contributed by atoms with van der Waals surface area (Å²) in [5, 5.41) is 32.3. The third kappa shape index (κ3) is 6.94. The van der Waals surface area contributed by atoms with E-state index in [0.29, 0.717) is 32.9 Å². The van der Waals surface area contributed by atoms with Crippen LogP contribution in [0.4, 0.5) is 11.4 Å². The molecule has 0 aliphatic rings. The molecule has 9 nitrogen and oxygen atoms in total. The molecule has 2 N–H and O–H groups in total. The van der Waals surface area contributed by atoms with E-state index in [1.54, 1.807) is 24.3 Å². The Balaban J connectivity index is 1.81. The summed E-state index contributed by atoms with van der Waals surface area (Å²) < 4.78 is 12.4. The van der Waals surface area contributed by atoms with Crippen molar-refractivity contribution in [2.75, 3.05) is 11.9 Å². The van der Waals surface area contributed by atoms with Gasteiger partial charge < -0.3 is 19.9 Å². The number of ether oxygens (including phenoxy) is 2. The Hall–Kier alpha value is -4.11. The summed E-state index contributed by atoms with van der Waals surface area (Å²) in [5.74, 6) is 0.386. The third-order valence-corrected chi connectivity index (χ3v) is 5.46. The number of aromatic hydroxyl groups is 1. The number of halogens is 1. The minimum Gasteiger partial charge on any atom is -0.508 e. The lowest BCUT2D eigenvalue weighted by Crippen LogP contribution is -2.13. The summed E-state index contributed by atoms with van der Waals surface area (Å²) in [6, 6.07) is 17.3. The molecule has 0 unspecified atom stereocenters. The lowest BCUT2D eigenvalue weighted by atomic mass is 10.1. The highest BCUT2D eigenvalue weighted by atomic mass is 127. The van der Waals surface area contributed by atoms with Crippen LogP contribution in [0.1, 0.15) is 18.1 Å². The molecule has 3 rings (SSSR count). The van der Waals surface area contributed by atoms with E-state index in [2.05, 4.69) is 27.9 Å². The van der Waals surface area contributed by atoms with Gasteiger partial charge in [-0.2, -0.15) is 5.26 Å². The van der Waals surface area contributed by atoms with E-state index in [9.17, 15) is 25.3 Å². The normalized spacial score (nSPS) is 10.8. The minimum atomic E-state index is -0.593. The number of hydrogen-bond acceptors (Lipinski definition) is 7. The van der Waals surface area contributed by atoms with Gasteiger partial charge >= 0.3 is 0 Å². The molecule has 178 valence electrons. The minimum absolute atomic E-state index is 0.00257. The van der Waals surface area contributed by atoms with Crippen LogP contribution in [0.3, 0.4) is 0 Å². The molecule has 0 saturated carbocycles. The van der Waals surface area contributed by atoms with Gasteiger partial charge in [-0.15, -0.1) is 0 Å². The Labute approximate surface area is 214 Å². The van der Waals surface area contributed by atoms with E-state index in [1.807, 2.05) is 13.0 Å². The van der Waals surface area contributed by atoms with Crippen LogP contribution in [0, 0.1) is 25.0 Å². The molecule has 0 aromatic heterocycles. The highest BCUT2D eigenvalue weighted by molar-refractivity contribution is 14.1. The van der Waals surface area contributed by atoms with Crippen molar-refractivity contribution < 1.29 is 24.3 Å². The van der Waals surface area contributed by atoms with Gasteiger partial charge in [-0.1, -0.05) is 0 Å². The lowest BCUT2D eigenvalue weighted by molar-refractivity contribution is -0.384. The smallest absolute Gasteiger partial charge is 0.269 e. The maximum atomic E-state index is 12.6. The number of anilines is 1. The predicted octanol–water partition coefficient (Wildman–Crippen LogP) is 5.43. The summed E-state index contributed by atoms with van der Waals surface area (Å²) in [4.78, 5) is 22.9. The second kappa shape index (κ2) is 11.8. The van der Waals surface area contributed by atoms with Crippen molar-refractivity contribution in [3.63, 3.8) is 0 Å². The molecular weight excluding hydrogens is 565 g/mol. The van der Waals surface area contributed by atoms with Crippen molar-refractivity contribution >= 4 is 45.9 Å². The molecule has 0 aliphatic carbocycles. The van der Waals surface area contributed by atoms with Gasteiger partial charge in [0.25, 0.3) is 11.6 Å². The average molecular weight is 585 g/mol. The number of nitrogens with one attached hydrogen (secondary N) is 1. The van der Waals surface area contributed by atoms with Gasteiger partial charge in [-0.25, -0.2) is 0 Å². The van der Waals surface area contributed by atoms with E-state index in [1.165, 1.54) is 42.5 Å². The van der Waals surface area contributed by atoms with E-state index < -0.39 is 10.8 Å². The number of nitro benzene ring substituents is 1. The van der Waals surface area contributed by atoms with Crippen LogP contribution in [-0.4, -0.2) is 22.5 Å². The summed E-state index contributed by atoms with van der Waals surface area (Å²) in [6.45, 7) is 2.35. The van der Waals surface area contributed by atoms with Crippen molar-refractivity contribution in [2.24, 2.45) is 0 Å². The summed E-state index contributed by atoms with van der Waals surface area (Å²) in [7, 11) is 0. The van der Waals surface area contributed by atoms with Gasteiger partial charge in [0, 0.05) is 17.8 Å². The van der Waals surface area contributed by atoms with Gasteiger partial charge in [-0.05, 0) is 95.2 Å². The van der Waals surface area contributed by atoms with Gasteiger partial charge in [0.15, 0.2) is 11.5 Å². The number of benzene rings is 3. The Kier molecular flexibility index (Phi) is 8.63. The van der Waals surface area contributed by atoms with Crippen molar-refractivity contribution in [2.45, 2.75) is 13.5 Å². The number of phenolic OH excluding ortho intramolecular Hbond substituents is 1. The van der Waals surface area contributed by atoms with E-state index in [0.717, 1.165) is 5.56 Å².